The van der Waals surface area contributed by atoms with Crippen LogP contribution in [0.4, 0.5) is 10.1 Å². The fraction of sp³-hybridized carbons (Fsp3) is 0.0714. The number of halogens is 2. The molecule has 0 aliphatic carbocycles. The predicted octanol–water partition coefficient (Wildman–Crippen LogP) is 3.12. The third kappa shape index (κ3) is 3.23. The van der Waals surface area contributed by atoms with E-state index in [2.05, 4.69) is 5.32 Å². The second kappa shape index (κ2) is 5.71. The van der Waals surface area contributed by atoms with Crippen molar-refractivity contribution in [2.45, 2.75) is 6.04 Å². The number of hydrogen-bond donors (Lipinski definition) is 2. The zero-order valence-corrected chi connectivity index (χ0v) is 10.7. The van der Waals surface area contributed by atoms with Crippen molar-refractivity contribution in [3.05, 3.63) is 64.9 Å². The van der Waals surface area contributed by atoms with Gasteiger partial charge in [0, 0.05) is 0 Å². The Bertz CT molecular complexity index is 586. The van der Waals surface area contributed by atoms with Crippen LogP contribution in [0.5, 0.6) is 0 Å². The van der Waals surface area contributed by atoms with Crippen LogP contribution in [0.1, 0.15) is 11.6 Å². The van der Waals surface area contributed by atoms with E-state index in [4.69, 9.17) is 17.3 Å². The number of hydrogen-bond acceptors (Lipinski definition) is 2. The van der Waals surface area contributed by atoms with E-state index in [-0.39, 0.29) is 5.82 Å². The highest BCUT2D eigenvalue weighted by Crippen LogP contribution is 2.26. The average Bonchev–Trinajstić information content (AvgIpc) is 2.39. The molecule has 1 unspecified atom stereocenters. The zero-order valence-electron chi connectivity index (χ0n) is 9.94. The van der Waals surface area contributed by atoms with Gasteiger partial charge in [0.05, 0.1) is 10.7 Å². The van der Waals surface area contributed by atoms with E-state index in [1.54, 1.807) is 24.3 Å². The third-order valence-electron chi connectivity index (χ3n) is 2.66. The van der Waals surface area contributed by atoms with Crippen molar-refractivity contribution in [3.63, 3.8) is 0 Å². The smallest absolute Gasteiger partial charge is 0.244 e. The zero-order chi connectivity index (χ0) is 13.8. The quantitative estimate of drug-likeness (QED) is 0.903. The van der Waals surface area contributed by atoms with Crippen molar-refractivity contribution in [2.24, 2.45) is 5.73 Å². The molecule has 3 N–H and O–H groups in total. The molecule has 19 heavy (non-hydrogen) atoms. The number of anilines is 1. The number of primary amides is 1. The normalized spacial score (nSPS) is 11.9. The van der Waals surface area contributed by atoms with E-state index in [0.29, 0.717) is 16.3 Å². The molecule has 0 radical (unpaired) electrons. The van der Waals surface area contributed by atoms with Gasteiger partial charge in [0.25, 0.3) is 0 Å². The summed E-state index contributed by atoms with van der Waals surface area (Å²) in [5.74, 6) is -0.934. The summed E-state index contributed by atoms with van der Waals surface area (Å²) >= 11 is 6.01. The maximum Gasteiger partial charge on any atom is 0.244 e. The van der Waals surface area contributed by atoms with E-state index in [0.717, 1.165) is 0 Å². The van der Waals surface area contributed by atoms with Crippen LogP contribution in [0.3, 0.4) is 0 Å². The van der Waals surface area contributed by atoms with E-state index < -0.39 is 11.9 Å². The second-order valence-electron chi connectivity index (χ2n) is 4.01. The van der Waals surface area contributed by atoms with E-state index in [9.17, 15) is 9.18 Å². The minimum absolute atomic E-state index is 0.371. The van der Waals surface area contributed by atoms with Crippen LogP contribution in [-0.4, -0.2) is 5.91 Å². The van der Waals surface area contributed by atoms with Crippen LogP contribution in [0.2, 0.25) is 5.02 Å². The van der Waals surface area contributed by atoms with Crippen LogP contribution in [0, 0.1) is 5.82 Å². The molecule has 0 aliphatic heterocycles. The van der Waals surface area contributed by atoms with Gasteiger partial charge in [-0.15, -0.1) is 0 Å². The Kier molecular flexibility index (Phi) is 4.02. The summed E-state index contributed by atoms with van der Waals surface area (Å²) in [7, 11) is 0. The molecular weight excluding hydrogens is 267 g/mol. The molecule has 1 amide bonds. The molecule has 98 valence electrons. The Labute approximate surface area is 115 Å². The summed E-state index contributed by atoms with van der Waals surface area (Å²) in [6.07, 6.45) is 0. The van der Waals surface area contributed by atoms with Crippen molar-refractivity contribution < 1.29 is 9.18 Å². The molecule has 2 aromatic carbocycles. The summed E-state index contributed by atoms with van der Waals surface area (Å²) in [5, 5.41) is 3.44. The van der Waals surface area contributed by atoms with Crippen molar-refractivity contribution in [2.75, 3.05) is 5.32 Å². The minimum atomic E-state index is -0.763. The average molecular weight is 279 g/mol. The van der Waals surface area contributed by atoms with E-state index in [1.807, 2.05) is 0 Å². The van der Waals surface area contributed by atoms with E-state index >= 15 is 0 Å². The van der Waals surface area contributed by atoms with Crippen molar-refractivity contribution in [3.8, 4) is 0 Å². The van der Waals surface area contributed by atoms with Gasteiger partial charge in [-0.1, -0.05) is 35.9 Å². The van der Waals surface area contributed by atoms with Crippen LogP contribution in [0.15, 0.2) is 48.5 Å². The van der Waals surface area contributed by atoms with Gasteiger partial charge in [-0.2, -0.15) is 0 Å². The molecule has 0 aliphatic rings. The number of benzene rings is 2. The Morgan fingerprint density at radius 2 is 1.79 bits per heavy atom. The van der Waals surface area contributed by atoms with Gasteiger partial charge >= 0.3 is 0 Å². The summed E-state index contributed by atoms with van der Waals surface area (Å²) in [6, 6.07) is 11.8. The number of nitrogens with two attached hydrogens (primary N) is 1. The molecule has 0 aromatic heterocycles. The fourth-order valence-electron chi connectivity index (χ4n) is 1.71. The number of para-hydroxylation sites is 1. The van der Waals surface area contributed by atoms with Gasteiger partial charge in [-0.3, -0.25) is 4.79 Å². The lowest BCUT2D eigenvalue weighted by Gasteiger charge is -2.18. The van der Waals surface area contributed by atoms with Gasteiger partial charge in [0.1, 0.15) is 11.9 Å². The molecule has 0 fully saturated rings. The molecule has 0 saturated carbocycles. The molecule has 2 aromatic rings. The first-order valence-electron chi connectivity index (χ1n) is 5.64. The number of carbonyl (C=O) groups is 1. The maximum atomic E-state index is 12.9. The Morgan fingerprint density at radius 1 is 1.16 bits per heavy atom. The first-order valence-corrected chi connectivity index (χ1v) is 6.01. The van der Waals surface area contributed by atoms with Crippen molar-refractivity contribution >= 4 is 23.2 Å². The van der Waals surface area contributed by atoms with Crippen LogP contribution < -0.4 is 11.1 Å². The topological polar surface area (TPSA) is 55.1 Å². The Hall–Kier alpha value is -2.07. The summed E-state index contributed by atoms with van der Waals surface area (Å²) < 4.78 is 12.9. The lowest BCUT2D eigenvalue weighted by molar-refractivity contribution is -0.118. The third-order valence-corrected chi connectivity index (χ3v) is 2.99. The summed E-state index contributed by atoms with van der Waals surface area (Å²) in [4.78, 5) is 11.5. The van der Waals surface area contributed by atoms with Crippen molar-refractivity contribution in [1.82, 2.24) is 0 Å². The number of rotatable bonds is 4. The molecule has 5 heteroatoms. The van der Waals surface area contributed by atoms with Gasteiger partial charge in [0.2, 0.25) is 5.91 Å². The van der Waals surface area contributed by atoms with Gasteiger partial charge < -0.3 is 11.1 Å². The molecule has 1 atom stereocenters. The van der Waals surface area contributed by atoms with Crippen molar-refractivity contribution in [1.29, 1.82) is 0 Å². The second-order valence-corrected chi connectivity index (χ2v) is 4.42. The molecule has 3 nitrogen and oxygen atoms in total. The standard InChI is InChI=1S/C14H12ClFN2O/c15-11-3-1-2-4-12(11)18-13(14(17)19)9-5-7-10(16)8-6-9/h1-8,13,18H,(H2,17,19). The lowest BCUT2D eigenvalue weighted by Crippen LogP contribution is -2.27. The summed E-state index contributed by atoms with van der Waals surface area (Å²) in [6.45, 7) is 0. The Balaban J connectivity index is 2.29. The highest BCUT2D eigenvalue weighted by atomic mass is 35.5. The molecule has 0 heterocycles. The largest absolute Gasteiger partial charge is 0.369 e. The SMILES string of the molecule is NC(=O)C(Nc1ccccc1Cl)c1ccc(F)cc1. The van der Waals surface area contributed by atoms with Gasteiger partial charge in [-0.25, -0.2) is 4.39 Å². The van der Waals surface area contributed by atoms with Gasteiger partial charge in [-0.05, 0) is 29.8 Å². The Morgan fingerprint density at radius 3 is 2.37 bits per heavy atom. The fourth-order valence-corrected chi connectivity index (χ4v) is 1.90. The number of nitrogens with one attached hydrogen (secondary N) is 1. The monoisotopic (exact) mass is 278 g/mol. The van der Waals surface area contributed by atoms with E-state index in [1.165, 1.54) is 24.3 Å². The lowest BCUT2D eigenvalue weighted by atomic mass is 10.1. The molecule has 0 bridgehead atoms. The highest BCUT2D eigenvalue weighted by molar-refractivity contribution is 6.33. The number of amides is 1. The van der Waals surface area contributed by atoms with Crippen LogP contribution >= 0.6 is 11.6 Å². The predicted molar refractivity (Wildman–Crippen MR) is 73.4 cm³/mol. The first-order chi connectivity index (χ1) is 9.08. The highest BCUT2D eigenvalue weighted by Gasteiger charge is 2.18. The molecular formula is C14H12ClFN2O. The summed E-state index contributed by atoms with van der Waals surface area (Å²) in [5.41, 5.74) is 6.54. The van der Waals surface area contributed by atoms with Crippen LogP contribution in [-0.2, 0) is 4.79 Å². The van der Waals surface area contributed by atoms with Gasteiger partial charge in [0.15, 0.2) is 0 Å². The molecule has 0 saturated heterocycles. The number of carbonyl (C=O) groups excluding carboxylic acids is 1. The first kappa shape index (κ1) is 13.4. The molecule has 2 rings (SSSR count). The minimum Gasteiger partial charge on any atom is -0.369 e. The van der Waals surface area contributed by atoms with Crippen LogP contribution in [0.25, 0.3) is 0 Å². The maximum absolute atomic E-state index is 12.9. The molecule has 0 spiro atoms.